The molecule has 142 valence electrons. The van der Waals surface area contributed by atoms with E-state index in [2.05, 4.69) is 0 Å². The maximum atomic E-state index is 13.2. The highest BCUT2D eigenvalue weighted by Gasteiger charge is 2.29. The number of nitrogens with zero attached hydrogens (tertiary/aromatic N) is 1. The number of benzene rings is 2. The number of rotatable bonds is 8. The normalized spacial score (nSPS) is 13.0. The van der Waals surface area contributed by atoms with Gasteiger partial charge in [-0.25, -0.2) is 8.42 Å². The van der Waals surface area contributed by atoms with Crippen LogP contribution in [-0.2, 0) is 19.6 Å². The topological polar surface area (TPSA) is 72.9 Å². The Kier molecular flexibility index (Phi) is 6.61. The van der Waals surface area contributed by atoms with Crippen LogP contribution in [0.5, 0.6) is 5.75 Å². The molecule has 7 heteroatoms. The number of methoxy groups -OCH3 is 1. The average Bonchev–Trinajstić information content (AvgIpc) is 2.65. The van der Waals surface area contributed by atoms with Crippen LogP contribution in [0.25, 0.3) is 10.8 Å². The van der Waals surface area contributed by atoms with Crippen molar-refractivity contribution >= 4 is 26.8 Å². The van der Waals surface area contributed by atoms with Gasteiger partial charge in [-0.3, -0.25) is 4.79 Å². The lowest BCUT2D eigenvalue weighted by molar-refractivity contribution is -0.145. The standard InChI is InChI=1S/C19H25NO5S/c1-5-20(13-14(3)19(21)24-4)26(22,23)18-12-11-17(25-6-2)15-9-7-8-10-16(15)18/h7-12,14H,5-6,13H2,1-4H3. The van der Waals surface area contributed by atoms with E-state index < -0.39 is 21.9 Å². The van der Waals surface area contributed by atoms with Crippen molar-refractivity contribution in [3.05, 3.63) is 36.4 Å². The van der Waals surface area contributed by atoms with Gasteiger partial charge in [0.05, 0.1) is 24.5 Å². The summed E-state index contributed by atoms with van der Waals surface area (Å²) in [5.74, 6) is -0.341. The summed E-state index contributed by atoms with van der Waals surface area (Å²) in [5.41, 5.74) is 0. The van der Waals surface area contributed by atoms with Gasteiger partial charge in [0.2, 0.25) is 10.0 Å². The molecule has 2 aromatic rings. The maximum Gasteiger partial charge on any atom is 0.309 e. The van der Waals surface area contributed by atoms with E-state index >= 15 is 0 Å². The summed E-state index contributed by atoms with van der Waals surface area (Å²) in [5, 5.41) is 1.34. The maximum absolute atomic E-state index is 13.2. The van der Waals surface area contributed by atoms with Crippen LogP contribution in [0.2, 0.25) is 0 Å². The molecule has 0 aromatic heterocycles. The predicted octanol–water partition coefficient (Wildman–Crippen LogP) is 3.06. The second-order valence-electron chi connectivity index (χ2n) is 5.92. The Labute approximate surface area is 154 Å². The Hall–Kier alpha value is -2.12. The molecule has 0 bridgehead atoms. The smallest absolute Gasteiger partial charge is 0.309 e. The molecule has 0 heterocycles. The van der Waals surface area contributed by atoms with Crippen LogP contribution in [0.3, 0.4) is 0 Å². The third-order valence-corrected chi connectivity index (χ3v) is 6.19. The fraction of sp³-hybridized carbons (Fsp3) is 0.421. The lowest BCUT2D eigenvalue weighted by Gasteiger charge is -2.24. The minimum Gasteiger partial charge on any atom is -0.493 e. The van der Waals surface area contributed by atoms with Gasteiger partial charge in [-0.2, -0.15) is 4.31 Å². The number of hydrogen-bond acceptors (Lipinski definition) is 5. The Morgan fingerprint density at radius 3 is 2.35 bits per heavy atom. The number of sulfonamides is 1. The van der Waals surface area contributed by atoms with E-state index in [0.717, 1.165) is 5.39 Å². The third-order valence-electron chi connectivity index (χ3n) is 4.20. The molecule has 0 radical (unpaired) electrons. The van der Waals surface area contributed by atoms with Gasteiger partial charge in [0.15, 0.2) is 0 Å². The molecular formula is C19H25NO5S. The van der Waals surface area contributed by atoms with E-state index in [1.54, 1.807) is 38.1 Å². The summed E-state index contributed by atoms with van der Waals surface area (Å²) >= 11 is 0. The van der Waals surface area contributed by atoms with Crippen molar-refractivity contribution in [1.82, 2.24) is 4.31 Å². The Morgan fingerprint density at radius 2 is 1.77 bits per heavy atom. The Morgan fingerprint density at radius 1 is 1.12 bits per heavy atom. The molecule has 0 aliphatic carbocycles. The largest absolute Gasteiger partial charge is 0.493 e. The van der Waals surface area contributed by atoms with E-state index in [0.29, 0.717) is 17.7 Å². The molecule has 0 N–H and O–H groups in total. The van der Waals surface area contributed by atoms with Gasteiger partial charge in [0.1, 0.15) is 5.75 Å². The van der Waals surface area contributed by atoms with Crippen LogP contribution in [0.4, 0.5) is 0 Å². The van der Waals surface area contributed by atoms with Crippen molar-refractivity contribution in [3.63, 3.8) is 0 Å². The number of hydrogen-bond donors (Lipinski definition) is 0. The molecule has 1 atom stereocenters. The van der Waals surface area contributed by atoms with Gasteiger partial charge in [0.25, 0.3) is 0 Å². The summed E-state index contributed by atoms with van der Waals surface area (Å²) < 4.78 is 38.1. The lowest BCUT2D eigenvalue weighted by Crippen LogP contribution is -2.37. The minimum atomic E-state index is -3.78. The molecule has 26 heavy (non-hydrogen) atoms. The van der Waals surface area contributed by atoms with Gasteiger partial charge in [-0.1, -0.05) is 38.1 Å². The fourth-order valence-corrected chi connectivity index (χ4v) is 4.60. The van der Waals surface area contributed by atoms with E-state index in [4.69, 9.17) is 9.47 Å². The van der Waals surface area contributed by atoms with Crippen molar-refractivity contribution in [2.45, 2.75) is 25.7 Å². The molecule has 6 nitrogen and oxygen atoms in total. The molecule has 0 amide bonds. The average molecular weight is 379 g/mol. The van der Waals surface area contributed by atoms with Gasteiger partial charge in [-0.15, -0.1) is 0 Å². The summed E-state index contributed by atoms with van der Waals surface area (Å²) in [6, 6.07) is 10.5. The highest BCUT2D eigenvalue weighted by molar-refractivity contribution is 7.89. The monoisotopic (exact) mass is 379 g/mol. The van der Waals surface area contributed by atoms with Crippen molar-refractivity contribution < 1.29 is 22.7 Å². The lowest BCUT2D eigenvalue weighted by atomic mass is 10.1. The molecule has 0 saturated carbocycles. The second kappa shape index (κ2) is 8.51. The van der Waals surface area contributed by atoms with E-state index in [1.165, 1.54) is 11.4 Å². The molecule has 0 fully saturated rings. The zero-order chi connectivity index (χ0) is 19.3. The third kappa shape index (κ3) is 3.99. The molecule has 0 spiro atoms. The van der Waals surface area contributed by atoms with Crippen LogP contribution in [-0.4, -0.2) is 45.5 Å². The number of ether oxygens (including phenoxy) is 2. The van der Waals surface area contributed by atoms with Crippen LogP contribution in [0, 0.1) is 5.92 Å². The van der Waals surface area contributed by atoms with E-state index in [9.17, 15) is 13.2 Å². The molecule has 0 saturated heterocycles. The fourth-order valence-electron chi connectivity index (χ4n) is 2.87. The van der Waals surface area contributed by atoms with Crippen LogP contribution in [0.1, 0.15) is 20.8 Å². The predicted molar refractivity (Wildman–Crippen MR) is 101 cm³/mol. The summed E-state index contributed by atoms with van der Waals surface area (Å²) in [6.07, 6.45) is 0. The van der Waals surface area contributed by atoms with Crippen LogP contribution < -0.4 is 4.74 Å². The first kappa shape index (κ1) is 20.2. The summed E-state index contributed by atoms with van der Waals surface area (Å²) in [4.78, 5) is 11.9. The molecule has 0 aliphatic heterocycles. The number of fused-ring (bicyclic) bond motifs is 1. The molecule has 2 rings (SSSR count). The summed E-state index contributed by atoms with van der Waals surface area (Å²) in [6.45, 7) is 6.09. The SMILES string of the molecule is CCOc1ccc(S(=O)(=O)N(CC)CC(C)C(=O)OC)c2ccccc12. The Balaban J connectivity index is 2.51. The van der Waals surface area contributed by atoms with Gasteiger partial charge in [0, 0.05) is 23.9 Å². The first-order valence-corrected chi connectivity index (χ1v) is 10.0. The number of esters is 1. The van der Waals surface area contributed by atoms with Crippen molar-refractivity contribution in [2.24, 2.45) is 5.92 Å². The molecule has 2 aromatic carbocycles. The first-order valence-electron chi connectivity index (χ1n) is 8.59. The van der Waals surface area contributed by atoms with Crippen LogP contribution in [0.15, 0.2) is 41.3 Å². The Bertz CT molecular complexity index is 879. The van der Waals surface area contributed by atoms with Gasteiger partial charge in [-0.05, 0) is 19.1 Å². The number of carbonyl (C=O) groups is 1. The quantitative estimate of drug-likeness (QED) is 0.659. The zero-order valence-corrected chi connectivity index (χ0v) is 16.4. The second-order valence-corrected chi connectivity index (χ2v) is 7.83. The van der Waals surface area contributed by atoms with E-state index in [1.807, 2.05) is 19.1 Å². The van der Waals surface area contributed by atoms with Crippen molar-refractivity contribution in [3.8, 4) is 5.75 Å². The molecule has 0 aliphatic rings. The van der Waals surface area contributed by atoms with E-state index in [-0.39, 0.29) is 18.0 Å². The first-order chi connectivity index (χ1) is 12.4. The molecular weight excluding hydrogens is 354 g/mol. The highest BCUT2D eigenvalue weighted by atomic mass is 32.2. The number of carbonyl (C=O) groups excluding carboxylic acids is 1. The van der Waals surface area contributed by atoms with Crippen molar-refractivity contribution in [2.75, 3.05) is 26.8 Å². The van der Waals surface area contributed by atoms with Crippen molar-refractivity contribution in [1.29, 1.82) is 0 Å². The van der Waals surface area contributed by atoms with Gasteiger partial charge >= 0.3 is 5.97 Å². The highest BCUT2D eigenvalue weighted by Crippen LogP contribution is 2.32. The summed E-state index contributed by atoms with van der Waals surface area (Å²) in [7, 11) is -2.48. The van der Waals surface area contributed by atoms with Gasteiger partial charge < -0.3 is 9.47 Å². The molecule has 1 unspecified atom stereocenters. The minimum absolute atomic E-state index is 0.0625. The van der Waals surface area contributed by atoms with Crippen LogP contribution >= 0.6 is 0 Å². The zero-order valence-electron chi connectivity index (χ0n) is 15.6.